The number of rotatable bonds is 4. The minimum Gasteiger partial charge on any atom is -0.381 e. The average Bonchev–Trinajstić information content (AvgIpc) is 2.21. The smallest absolute Gasteiger partial charge is 0.213 e. The lowest BCUT2D eigenvalue weighted by molar-refractivity contribution is -0.139. The molecule has 0 aromatic heterocycles. The maximum atomic E-state index is 9.28. The minimum atomic E-state index is -0.878. The molecule has 3 unspecified atom stereocenters. The molecule has 0 fully saturated rings. The number of methoxy groups -OCH3 is 1. The van der Waals surface area contributed by atoms with Gasteiger partial charge in [-0.1, -0.05) is 12.2 Å². The van der Waals surface area contributed by atoms with Crippen molar-refractivity contribution in [3.05, 3.63) is 12.2 Å². The van der Waals surface area contributed by atoms with E-state index in [0.717, 1.165) is 25.7 Å². The molecule has 0 aromatic rings. The first-order valence-electron chi connectivity index (χ1n) is 5.46. The first-order chi connectivity index (χ1) is 7.26. The number of aliphatic hydroxyl groups is 1. The molecule has 0 heterocycles. The Kier molecular flexibility index (Phi) is 5.86. The molecule has 0 saturated carbocycles. The van der Waals surface area contributed by atoms with Crippen molar-refractivity contribution < 1.29 is 14.6 Å². The van der Waals surface area contributed by atoms with Crippen LogP contribution in [-0.2, 0) is 9.47 Å². The highest BCUT2D eigenvalue weighted by atomic mass is 16.6. The van der Waals surface area contributed by atoms with Gasteiger partial charge in [-0.2, -0.15) is 0 Å². The monoisotopic (exact) mass is 215 g/mol. The van der Waals surface area contributed by atoms with Crippen LogP contribution in [0, 0.1) is 0 Å². The lowest BCUT2D eigenvalue weighted by atomic mass is 10.0. The Balaban J connectivity index is 2.38. The zero-order valence-electron chi connectivity index (χ0n) is 9.48. The van der Waals surface area contributed by atoms with Crippen LogP contribution in [0.25, 0.3) is 0 Å². The van der Waals surface area contributed by atoms with Gasteiger partial charge in [0, 0.05) is 7.11 Å². The topological polar surface area (TPSA) is 50.7 Å². The highest BCUT2D eigenvalue weighted by molar-refractivity contribution is 4.93. The van der Waals surface area contributed by atoms with E-state index in [1.165, 1.54) is 0 Å². The molecule has 2 N–H and O–H groups in total. The molecule has 1 aliphatic carbocycles. The second-order valence-electron chi connectivity index (χ2n) is 3.77. The van der Waals surface area contributed by atoms with E-state index < -0.39 is 6.41 Å². The van der Waals surface area contributed by atoms with E-state index in [1.54, 1.807) is 14.2 Å². The lowest BCUT2D eigenvalue weighted by Gasteiger charge is -2.22. The van der Waals surface area contributed by atoms with Gasteiger partial charge in [-0.25, -0.2) is 0 Å². The SMILES string of the molecule is CNC(O)OC1/C=C/CC(OC)CCC1. The predicted molar refractivity (Wildman–Crippen MR) is 58.3 cm³/mol. The normalized spacial score (nSPS) is 31.7. The second-order valence-corrected chi connectivity index (χ2v) is 3.77. The number of nitrogens with one attached hydrogen (secondary N) is 1. The molecule has 0 bridgehead atoms. The molecule has 0 amide bonds. The average molecular weight is 215 g/mol. The summed E-state index contributed by atoms with van der Waals surface area (Å²) in [5.74, 6) is 0. The number of hydrogen-bond donors (Lipinski definition) is 2. The molecule has 0 radical (unpaired) electrons. The molecular weight excluding hydrogens is 194 g/mol. The molecular formula is C11H21NO3. The summed E-state index contributed by atoms with van der Waals surface area (Å²) in [6, 6.07) is 0. The second kappa shape index (κ2) is 6.95. The van der Waals surface area contributed by atoms with Crippen molar-refractivity contribution in [1.29, 1.82) is 0 Å². The van der Waals surface area contributed by atoms with Crippen LogP contribution < -0.4 is 5.32 Å². The zero-order valence-corrected chi connectivity index (χ0v) is 9.48. The Morgan fingerprint density at radius 1 is 1.47 bits per heavy atom. The van der Waals surface area contributed by atoms with Gasteiger partial charge in [-0.05, 0) is 32.7 Å². The fourth-order valence-corrected chi connectivity index (χ4v) is 1.70. The molecule has 0 aromatic carbocycles. The Labute approximate surface area is 91.3 Å². The van der Waals surface area contributed by atoms with Gasteiger partial charge in [-0.3, -0.25) is 5.32 Å². The van der Waals surface area contributed by atoms with Crippen LogP contribution in [0.1, 0.15) is 25.7 Å². The molecule has 4 heteroatoms. The van der Waals surface area contributed by atoms with Gasteiger partial charge < -0.3 is 14.6 Å². The summed E-state index contributed by atoms with van der Waals surface area (Å²) in [5.41, 5.74) is 0. The Morgan fingerprint density at radius 3 is 2.93 bits per heavy atom. The summed E-state index contributed by atoms with van der Waals surface area (Å²) in [4.78, 5) is 0. The first-order valence-corrected chi connectivity index (χ1v) is 5.46. The van der Waals surface area contributed by atoms with Crippen molar-refractivity contribution in [1.82, 2.24) is 5.32 Å². The lowest BCUT2D eigenvalue weighted by Crippen LogP contribution is -2.32. The van der Waals surface area contributed by atoms with Crippen molar-refractivity contribution in [3.63, 3.8) is 0 Å². The van der Waals surface area contributed by atoms with Gasteiger partial charge in [0.2, 0.25) is 6.41 Å². The van der Waals surface area contributed by atoms with Crippen LogP contribution in [-0.4, -0.2) is 37.9 Å². The summed E-state index contributed by atoms with van der Waals surface area (Å²) in [6.07, 6.45) is 7.49. The molecule has 3 atom stereocenters. The van der Waals surface area contributed by atoms with E-state index in [9.17, 15) is 5.11 Å². The molecule has 0 saturated heterocycles. The van der Waals surface area contributed by atoms with Crippen LogP contribution in [0.5, 0.6) is 0 Å². The van der Waals surface area contributed by atoms with Crippen LogP contribution in [0.2, 0.25) is 0 Å². The minimum absolute atomic E-state index is 0.00487. The van der Waals surface area contributed by atoms with Gasteiger partial charge in [-0.15, -0.1) is 0 Å². The van der Waals surface area contributed by atoms with Gasteiger partial charge >= 0.3 is 0 Å². The first kappa shape index (κ1) is 12.6. The van der Waals surface area contributed by atoms with Crippen molar-refractivity contribution in [2.24, 2.45) is 0 Å². The molecule has 4 nitrogen and oxygen atoms in total. The number of hydrogen-bond acceptors (Lipinski definition) is 4. The Hall–Kier alpha value is -0.420. The maximum Gasteiger partial charge on any atom is 0.213 e. The predicted octanol–water partition coefficient (Wildman–Crippen LogP) is 1.01. The summed E-state index contributed by atoms with van der Waals surface area (Å²) in [7, 11) is 3.41. The third kappa shape index (κ3) is 4.75. The molecule has 15 heavy (non-hydrogen) atoms. The van der Waals surface area contributed by atoms with E-state index in [2.05, 4.69) is 11.4 Å². The van der Waals surface area contributed by atoms with Gasteiger partial charge in [0.1, 0.15) is 0 Å². The van der Waals surface area contributed by atoms with E-state index in [0.29, 0.717) is 6.10 Å². The van der Waals surface area contributed by atoms with E-state index >= 15 is 0 Å². The summed E-state index contributed by atoms with van der Waals surface area (Å²) >= 11 is 0. The van der Waals surface area contributed by atoms with E-state index in [4.69, 9.17) is 9.47 Å². The van der Waals surface area contributed by atoms with Crippen molar-refractivity contribution in [2.75, 3.05) is 14.2 Å². The molecule has 1 aliphatic rings. The van der Waals surface area contributed by atoms with Crippen molar-refractivity contribution >= 4 is 0 Å². The molecule has 88 valence electrons. The number of ether oxygens (including phenoxy) is 2. The van der Waals surface area contributed by atoms with Crippen LogP contribution in [0.4, 0.5) is 0 Å². The van der Waals surface area contributed by atoms with Gasteiger partial charge in [0.25, 0.3) is 0 Å². The largest absolute Gasteiger partial charge is 0.381 e. The summed E-state index contributed by atoms with van der Waals surface area (Å²) in [5, 5.41) is 11.9. The summed E-state index contributed by atoms with van der Waals surface area (Å²) in [6.45, 7) is 0. The molecule has 0 aliphatic heterocycles. The quantitative estimate of drug-likeness (QED) is 0.543. The van der Waals surface area contributed by atoms with Crippen molar-refractivity contribution in [2.45, 2.75) is 44.3 Å². The van der Waals surface area contributed by atoms with Gasteiger partial charge in [0.05, 0.1) is 12.2 Å². The fourth-order valence-electron chi connectivity index (χ4n) is 1.70. The summed E-state index contributed by atoms with van der Waals surface area (Å²) < 4.78 is 10.7. The van der Waals surface area contributed by atoms with Crippen LogP contribution in [0.15, 0.2) is 12.2 Å². The maximum absolute atomic E-state index is 9.28. The molecule has 0 spiro atoms. The van der Waals surface area contributed by atoms with Crippen LogP contribution in [0.3, 0.4) is 0 Å². The van der Waals surface area contributed by atoms with Gasteiger partial charge in [0.15, 0.2) is 0 Å². The van der Waals surface area contributed by atoms with Crippen molar-refractivity contribution in [3.8, 4) is 0 Å². The van der Waals surface area contributed by atoms with E-state index in [1.807, 2.05) is 6.08 Å². The Morgan fingerprint density at radius 2 is 2.27 bits per heavy atom. The molecule has 1 rings (SSSR count). The third-order valence-corrected chi connectivity index (χ3v) is 2.65. The zero-order chi connectivity index (χ0) is 11.1. The van der Waals surface area contributed by atoms with E-state index in [-0.39, 0.29) is 6.10 Å². The highest BCUT2D eigenvalue weighted by Crippen LogP contribution is 2.17. The Bertz CT molecular complexity index is 196. The van der Waals surface area contributed by atoms with Crippen LogP contribution >= 0.6 is 0 Å². The standard InChI is InChI=1S/C11H21NO3/c1-12-11(13)15-10-7-3-5-9(14-2)6-4-8-10/h3,7,9-13H,4-6,8H2,1-2H3/b7-3+. The third-order valence-electron chi connectivity index (χ3n) is 2.65. The number of aliphatic hydroxyl groups excluding tert-OH is 1. The fraction of sp³-hybridized carbons (Fsp3) is 0.818. The highest BCUT2D eigenvalue weighted by Gasteiger charge is 2.14.